The van der Waals surface area contributed by atoms with Gasteiger partial charge in [-0.1, -0.05) is 56.6 Å². The molecule has 7 rings (SSSR count). The van der Waals surface area contributed by atoms with E-state index in [2.05, 4.69) is 35.1 Å². The van der Waals surface area contributed by atoms with Crippen molar-refractivity contribution in [3.63, 3.8) is 0 Å². The van der Waals surface area contributed by atoms with Crippen molar-refractivity contribution in [3.05, 3.63) is 77.3 Å². The summed E-state index contributed by atoms with van der Waals surface area (Å²) in [7, 11) is 1.19. The van der Waals surface area contributed by atoms with Crippen molar-refractivity contribution in [1.29, 1.82) is 0 Å². The van der Waals surface area contributed by atoms with E-state index in [0.717, 1.165) is 6.07 Å². The van der Waals surface area contributed by atoms with E-state index >= 15 is 0 Å². The second kappa shape index (κ2) is 17.5. The summed E-state index contributed by atoms with van der Waals surface area (Å²) in [4.78, 5) is 68.6. The van der Waals surface area contributed by atoms with Crippen molar-refractivity contribution >= 4 is 46.9 Å². The Balaban J connectivity index is 1.06. The highest BCUT2D eigenvalue weighted by Crippen LogP contribution is 2.43. The minimum Gasteiger partial charge on any atom is -0.453 e. The smallest absolute Gasteiger partial charge is 0.453 e. The van der Waals surface area contributed by atoms with E-state index in [1.807, 2.05) is 37.5 Å². The van der Waals surface area contributed by atoms with Crippen LogP contribution < -0.4 is 20.3 Å². The predicted octanol–water partition coefficient (Wildman–Crippen LogP) is 6.40. The number of piperazine rings is 1. The lowest BCUT2D eigenvalue weighted by Crippen LogP contribution is -2.56. The number of pyridine rings is 1. The van der Waals surface area contributed by atoms with Crippen LogP contribution in [-0.4, -0.2) is 120 Å². The first-order valence-corrected chi connectivity index (χ1v) is 20.2. The van der Waals surface area contributed by atoms with Crippen LogP contribution in [0.3, 0.4) is 0 Å². The molecule has 3 N–H and O–H groups in total. The summed E-state index contributed by atoms with van der Waals surface area (Å²) in [5, 5.41) is 4.92. The molecule has 2 atom stereocenters. The molecule has 1 spiro atoms. The topological polar surface area (TPSA) is 181 Å². The van der Waals surface area contributed by atoms with E-state index in [4.69, 9.17) is 21.1 Å². The fraction of sp³-hybridized carbons (Fsp3) is 0.429. The maximum atomic E-state index is 13.8. The molecule has 3 saturated heterocycles. The lowest BCUT2D eigenvalue weighted by Gasteiger charge is -2.42. The number of H-pyrrole nitrogens is 1. The van der Waals surface area contributed by atoms with Gasteiger partial charge in [0.15, 0.2) is 5.79 Å². The molecule has 0 radical (unpaired) electrons. The number of benzene rings is 2. The number of nitrogens with zero attached hydrogens (tertiary/aromatic N) is 5. The molecule has 2 aromatic heterocycles. The molecule has 0 aliphatic carbocycles. The summed E-state index contributed by atoms with van der Waals surface area (Å²) in [6.07, 6.45) is -2.61. The predicted molar refractivity (Wildman–Crippen MR) is 220 cm³/mol. The molecule has 3 aliphatic heterocycles. The van der Waals surface area contributed by atoms with Gasteiger partial charge in [-0.2, -0.15) is 0 Å². The van der Waals surface area contributed by atoms with Gasteiger partial charge in [0.25, 0.3) is 5.91 Å². The monoisotopic (exact) mass is 882 g/mol. The number of hydrogen-bond acceptors (Lipinski definition) is 11. The zero-order valence-electron chi connectivity index (χ0n) is 34.6. The molecule has 0 saturated carbocycles. The highest BCUT2D eigenvalue weighted by Gasteiger charge is 2.51. The van der Waals surface area contributed by atoms with Crippen LogP contribution >= 0.6 is 11.6 Å². The standard InChI is InChI=1S/C42H46ClF3N8O8/c1-24-22-52(38(57)40(2,3)4)12-13-53(24)34-11-10-27(19-47-34)37(56)51-30-17-33(62-42(44,45)46)28(16-29(30)43)25-6-8-26(9-7-25)31-20-48-36(50-31)32-18-41(60-14-15-61-41)23-54(32)35(55)21-49-39(58)59-5/h6-11,16-17,19-20,24,32H,12-15,18,21-23H2,1-5H3,(H,48,50)(H,49,58)(H,51,56)/t24-,32+/m1/s1. The number of halogens is 4. The van der Waals surface area contributed by atoms with Gasteiger partial charge in [0.05, 0.1) is 61.1 Å². The first-order valence-electron chi connectivity index (χ1n) is 19.8. The molecule has 62 heavy (non-hydrogen) atoms. The number of carbonyl (C=O) groups is 4. The van der Waals surface area contributed by atoms with Crippen molar-refractivity contribution in [2.75, 3.05) is 63.3 Å². The SMILES string of the molecule is COC(=O)NCC(=O)N1CC2(C[C@H]1c1ncc(-c3ccc(-c4cc(Cl)c(NC(=O)c5ccc(N6CCN(C(=O)C(C)(C)C)C[C@H]6C)nc5)cc4OC(F)(F)F)cc3)[nH]1)OCCO2. The number of alkyl carbamates (subject to hydrolysis) is 1. The second-order valence-electron chi connectivity index (χ2n) is 16.2. The van der Waals surface area contributed by atoms with E-state index in [9.17, 15) is 32.3 Å². The Kier molecular flexibility index (Phi) is 12.4. The van der Waals surface area contributed by atoms with Crippen molar-refractivity contribution in [1.82, 2.24) is 30.1 Å². The van der Waals surface area contributed by atoms with Crippen molar-refractivity contribution in [3.8, 4) is 28.1 Å². The van der Waals surface area contributed by atoms with E-state index in [0.29, 0.717) is 61.3 Å². The maximum absolute atomic E-state index is 13.8. The zero-order valence-corrected chi connectivity index (χ0v) is 35.4. The van der Waals surface area contributed by atoms with Crippen LogP contribution in [0.5, 0.6) is 5.75 Å². The summed E-state index contributed by atoms with van der Waals surface area (Å²) < 4.78 is 62.0. The van der Waals surface area contributed by atoms with Crippen LogP contribution in [0.1, 0.15) is 56.3 Å². The molecule has 0 unspecified atom stereocenters. The Morgan fingerprint density at radius 2 is 1.69 bits per heavy atom. The molecule has 4 amide bonds. The quantitative estimate of drug-likeness (QED) is 0.169. The Labute approximate surface area is 360 Å². The third-order valence-corrected chi connectivity index (χ3v) is 11.1. The third kappa shape index (κ3) is 9.74. The molecule has 0 bridgehead atoms. The van der Waals surface area contributed by atoms with E-state index in [1.165, 1.54) is 24.3 Å². The number of ether oxygens (including phenoxy) is 4. The maximum Gasteiger partial charge on any atom is 0.573 e. The largest absolute Gasteiger partial charge is 0.573 e. The van der Waals surface area contributed by atoms with Gasteiger partial charge in [0.1, 0.15) is 23.9 Å². The summed E-state index contributed by atoms with van der Waals surface area (Å²) >= 11 is 6.58. The molecule has 330 valence electrons. The van der Waals surface area contributed by atoms with E-state index in [1.54, 1.807) is 42.6 Å². The molecule has 4 aromatic rings. The first-order chi connectivity index (χ1) is 29.3. The first kappa shape index (κ1) is 44.1. The Bertz CT molecular complexity index is 2310. The molecular formula is C42H46ClF3N8O8. The number of anilines is 2. The number of aromatic amines is 1. The normalized spacial score (nSPS) is 18.8. The number of imidazole rings is 1. The van der Waals surface area contributed by atoms with E-state index in [-0.39, 0.29) is 53.3 Å². The molecular weight excluding hydrogens is 837 g/mol. The number of hydrogen-bond donors (Lipinski definition) is 3. The van der Waals surface area contributed by atoms with Gasteiger partial charge in [-0.15, -0.1) is 13.2 Å². The van der Waals surface area contributed by atoms with Crippen LogP contribution in [0.2, 0.25) is 5.02 Å². The average Bonchev–Trinajstić information content (AvgIpc) is 4.00. The fourth-order valence-electron chi connectivity index (χ4n) is 7.78. The fourth-order valence-corrected chi connectivity index (χ4v) is 7.99. The van der Waals surface area contributed by atoms with Gasteiger partial charge in [0.2, 0.25) is 11.8 Å². The molecule has 3 aliphatic rings. The Morgan fingerprint density at radius 1 is 0.984 bits per heavy atom. The second-order valence-corrected chi connectivity index (χ2v) is 16.6. The van der Waals surface area contributed by atoms with Crippen LogP contribution in [0.15, 0.2) is 60.9 Å². The lowest BCUT2D eigenvalue weighted by atomic mass is 9.94. The number of carbonyl (C=O) groups excluding carboxylic acids is 4. The number of nitrogens with one attached hydrogen (secondary N) is 3. The van der Waals surface area contributed by atoms with Gasteiger partial charge >= 0.3 is 12.5 Å². The molecule has 3 fully saturated rings. The summed E-state index contributed by atoms with van der Waals surface area (Å²) in [5.41, 5.74) is 1.04. The van der Waals surface area contributed by atoms with Crippen LogP contribution in [-0.2, 0) is 23.8 Å². The van der Waals surface area contributed by atoms with Crippen molar-refractivity contribution < 1.29 is 51.3 Å². The molecule has 20 heteroatoms. The van der Waals surface area contributed by atoms with Gasteiger partial charge < -0.3 is 49.3 Å². The number of alkyl halides is 3. The summed E-state index contributed by atoms with van der Waals surface area (Å²) in [6.45, 7) is 9.74. The third-order valence-electron chi connectivity index (χ3n) is 10.8. The van der Waals surface area contributed by atoms with Gasteiger partial charge in [-0.25, -0.2) is 14.8 Å². The summed E-state index contributed by atoms with van der Waals surface area (Å²) in [6, 6.07) is 11.4. The molecule has 5 heterocycles. The van der Waals surface area contributed by atoms with Gasteiger partial charge in [0, 0.05) is 55.3 Å². The van der Waals surface area contributed by atoms with Crippen LogP contribution in [0, 0.1) is 5.41 Å². The Hall–Kier alpha value is -5.92. The number of likely N-dealkylation sites (tertiary alicyclic amines) is 1. The lowest BCUT2D eigenvalue weighted by molar-refractivity contribution is -0.274. The molecule has 2 aromatic carbocycles. The minimum absolute atomic E-state index is 0.00847. The minimum atomic E-state index is -5.07. The average molecular weight is 883 g/mol. The van der Waals surface area contributed by atoms with Crippen LogP contribution in [0.25, 0.3) is 22.4 Å². The molecule has 16 nitrogen and oxygen atoms in total. The number of methoxy groups -OCH3 is 1. The summed E-state index contributed by atoms with van der Waals surface area (Å²) in [5.74, 6) is -1.57. The van der Waals surface area contributed by atoms with Crippen LogP contribution in [0.4, 0.5) is 29.5 Å². The van der Waals surface area contributed by atoms with Gasteiger partial charge in [-0.3, -0.25) is 14.4 Å². The number of rotatable bonds is 9. The zero-order chi connectivity index (χ0) is 44.6. The van der Waals surface area contributed by atoms with Crippen molar-refractivity contribution in [2.24, 2.45) is 5.41 Å². The highest BCUT2D eigenvalue weighted by molar-refractivity contribution is 6.34. The van der Waals surface area contributed by atoms with Gasteiger partial charge in [-0.05, 0) is 36.2 Å². The number of amides is 4. The van der Waals surface area contributed by atoms with Crippen molar-refractivity contribution in [2.45, 2.75) is 58.3 Å². The highest BCUT2D eigenvalue weighted by atomic mass is 35.5. The number of aromatic nitrogens is 3. The Morgan fingerprint density at radius 3 is 2.32 bits per heavy atom. The van der Waals surface area contributed by atoms with E-state index < -0.39 is 47.3 Å².